The first-order chi connectivity index (χ1) is 8.81. The van der Waals surface area contributed by atoms with Crippen molar-refractivity contribution in [2.45, 2.75) is 45.4 Å². The minimum absolute atomic E-state index is 0.311. The van der Waals surface area contributed by atoms with Crippen LogP contribution in [0.5, 0.6) is 0 Å². The Morgan fingerprint density at radius 2 is 1.50 bits per heavy atom. The zero-order chi connectivity index (χ0) is 13.5. The van der Waals surface area contributed by atoms with E-state index in [-0.39, 0.29) is 0 Å². The molecule has 0 atom stereocenters. The normalized spacial score (nSPS) is 10.8. The maximum atomic E-state index is 11.5. The summed E-state index contributed by atoms with van der Waals surface area (Å²) in [4.78, 5) is 11.5. The standard InChI is InChI=1S/C14H28O4/c1-3-4-5-6-7-14(15)8-9-17-12-13-18-11-10-16-2/h3-13H2,1-2H3. The largest absolute Gasteiger partial charge is 0.382 e. The molecule has 0 aromatic rings. The van der Waals surface area contributed by atoms with Crippen LogP contribution in [-0.4, -0.2) is 45.9 Å². The van der Waals surface area contributed by atoms with E-state index in [0.29, 0.717) is 51.7 Å². The van der Waals surface area contributed by atoms with Gasteiger partial charge in [-0.1, -0.05) is 26.2 Å². The van der Waals surface area contributed by atoms with Crippen LogP contribution in [0.2, 0.25) is 0 Å². The molecule has 0 saturated carbocycles. The van der Waals surface area contributed by atoms with Crippen LogP contribution < -0.4 is 0 Å². The molecule has 0 aromatic carbocycles. The summed E-state index contributed by atoms with van der Waals surface area (Å²) in [6.45, 7) is 5.00. The van der Waals surface area contributed by atoms with Crippen molar-refractivity contribution >= 4 is 5.78 Å². The minimum Gasteiger partial charge on any atom is -0.382 e. The molecule has 0 rings (SSSR count). The molecular weight excluding hydrogens is 232 g/mol. The molecule has 0 aromatic heterocycles. The molecule has 0 N–H and O–H groups in total. The number of methoxy groups -OCH3 is 1. The average Bonchev–Trinajstić information content (AvgIpc) is 2.38. The molecule has 0 saturated heterocycles. The maximum Gasteiger partial charge on any atom is 0.135 e. The fourth-order valence-electron chi connectivity index (χ4n) is 1.52. The highest BCUT2D eigenvalue weighted by atomic mass is 16.5. The van der Waals surface area contributed by atoms with Gasteiger partial charge in [0.15, 0.2) is 0 Å². The summed E-state index contributed by atoms with van der Waals surface area (Å²) in [5.74, 6) is 0.311. The number of hydrogen-bond donors (Lipinski definition) is 0. The van der Waals surface area contributed by atoms with Crippen molar-refractivity contribution < 1.29 is 19.0 Å². The van der Waals surface area contributed by atoms with Crippen molar-refractivity contribution in [2.75, 3.05) is 40.1 Å². The third kappa shape index (κ3) is 13.6. The van der Waals surface area contributed by atoms with E-state index in [0.717, 1.165) is 12.8 Å². The molecule has 0 radical (unpaired) electrons. The Bertz CT molecular complexity index is 183. The van der Waals surface area contributed by atoms with Crippen molar-refractivity contribution in [1.29, 1.82) is 0 Å². The molecule has 0 aliphatic carbocycles. The van der Waals surface area contributed by atoms with Gasteiger partial charge in [0.1, 0.15) is 5.78 Å². The van der Waals surface area contributed by atoms with Crippen LogP contribution in [0.1, 0.15) is 45.4 Å². The number of hydrogen-bond acceptors (Lipinski definition) is 4. The summed E-state index contributed by atoms with van der Waals surface area (Å²) in [6, 6.07) is 0. The van der Waals surface area contributed by atoms with Crippen molar-refractivity contribution in [1.82, 2.24) is 0 Å². The Morgan fingerprint density at radius 1 is 0.833 bits per heavy atom. The number of carbonyl (C=O) groups is 1. The van der Waals surface area contributed by atoms with Gasteiger partial charge in [-0.2, -0.15) is 0 Å². The fraction of sp³-hybridized carbons (Fsp3) is 0.929. The molecule has 4 nitrogen and oxygen atoms in total. The lowest BCUT2D eigenvalue weighted by molar-refractivity contribution is -0.120. The fourth-order valence-corrected chi connectivity index (χ4v) is 1.52. The second-order valence-corrected chi connectivity index (χ2v) is 4.32. The van der Waals surface area contributed by atoms with E-state index in [1.165, 1.54) is 12.8 Å². The zero-order valence-electron chi connectivity index (χ0n) is 11.9. The van der Waals surface area contributed by atoms with E-state index in [4.69, 9.17) is 14.2 Å². The number of rotatable bonds is 14. The monoisotopic (exact) mass is 260 g/mol. The van der Waals surface area contributed by atoms with Gasteiger partial charge < -0.3 is 14.2 Å². The molecule has 0 bridgehead atoms. The van der Waals surface area contributed by atoms with Gasteiger partial charge in [-0.3, -0.25) is 4.79 Å². The zero-order valence-corrected chi connectivity index (χ0v) is 11.9. The second kappa shape index (κ2) is 14.6. The van der Waals surface area contributed by atoms with Crippen LogP contribution >= 0.6 is 0 Å². The van der Waals surface area contributed by atoms with Gasteiger partial charge in [0.2, 0.25) is 0 Å². The lowest BCUT2D eigenvalue weighted by Crippen LogP contribution is -2.10. The molecule has 0 fully saturated rings. The number of Topliss-reactive ketones (excluding diaryl/α,β-unsaturated/α-hetero) is 1. The topological polar surface area (TPSA) is 44.8 Å². The van der Waals surface area contributed by atoms with Crippen LogP contribution in [0.4, 0.5) is 0 Å². The van der Waals surface area contributed by atoms with Crippen LogP contribution in [0.15, 0.2) is 0 Å². The first-order valence-electron chi connectivity index (χ1n) is 6.97. The lowest BCUT2D eigenvalue weighted by Gasteiger charge is -2.05. The van der Waals surface area contributed by atoms with Crippen molar-refractivity contribution in [3.05, 3.63) is 0 Å². The lowest BCUT2D eigenvalue weighted by atomic mass is 10.1. The summed E-state index contributed by atoms with van der Waals surface area (Å²) in [7, 11) is 1.64. The van der Waals surface area contributed by atoms with E-state index < -0.39 is 0 Å². The van der Waals surface area contributed by atoms with Gasteiger partial charge in [-0.15, -0.1) is 0 Å². The third-order valence-corrected chi connectivity index (χ3v) is 2.64. The van der Waals surface area contributed by atoms with Crippen LogP contribution in [0.25, 0.3) is 0 Å². The highest BCUT2D eigenvalue weighted by molar-refractivity contribution is 5.78. The van der Waals surface area contributed by atoms with Crippen LogP contribution in [-0.2, 0) is 19.0 Å². The molecule has 18 heavy (non-hydrogen) atoms. The van der Waals surface area contributed by atoms with E-state index in [1.807, 2.05) is 0 Å². The van der Waals surface area contributed by atoms with Gasteiger partial charge in [0.25, 0.3) is 0 Å². The molecule has 0 spiro atoms. The maximum absolute atomic E-state index is 11.5. The highest BCUT2D eigenvalue weighted by Crippen LogP contribution is 2.04. The van der Waals surface area contributed by atoms with Gasteiger partial charge in [0.05, 0.1) is 33.0 Å². The quantitative estimate of drug-likeness (QED) is 0.450. The van der Waals surface area contributed by atoms with E-state index in [1.54, 1.807) is 7.11 Å². The highest BCUT2D eigenvalue weighted by Gasteiger charge is 2.01. The molecule has 4 heteroatoms. The molecule has 108 valence electrons. The number of ether oxygens (including phenoxy) is 3. The summed E-state index contributed by atoms with van der Waals surface area (Å²) in [5, 5.41) is 0. The molecule has 0 amide bonds. The Kier molecular flexibility index (Phi) is 14.2. The van der Waals surface area contributed by atoms with Crippen molar-refractivity contribution in [3.63, 3.8) is 0 Å². The van der Waals surface area contributed by atoms with Crippen LogP contribution in [0.3, 0.4) is 0 Å². The predicted molar refractivity (Wildman–Crippen MR) is 71.9 cm³/mol. The summed E-state index contributed by atoms with van der Waals surface area (Å²) in [6.07, 6.45) is 5.85. The first-order valence-corrected chi connectivity index (χ1v) is 6.97. The predicted octanol–water partition coefficient (Wildman–Crippen LogP) is 2.60. The number of carbonyl (C=O) groups excluding carboxylic acids is 1. The molecule has 0 heterocycles. The Labute approximate surface area is 111 Å². The van der Waals surface area contributed by atoms with Gasteiger partial charge in [0, 0.05) is 20.0 Å². The first kappa shape index (κ1) is 17.6. The number of ketones is 1. The molecule has 0 aliphatic heterocycles. The summed E-state index contributed by atoms with van der Waals surface area (Å²) in [5.41, 5.74) is 0. The van der Waals surface area contributed by atoms with E-state index in [2.05, 4.69) is 6.92 Å². The molecule has 0 aliphatic rings. The summed E-state index contributed by atoms with van der Waals surface area (Å²) < 4.78 is 15.4. The van der Waals surface area contributed by atoms with Gasteiger partial charge in [-0.05, 0) is 6.42 Å². The van der Waals surface area contributed by atoms with Crippen LogP contribution in [0, 0.1) is 0 Å². The van der Waals surface area contributed by atoms with E-state index >= 15 is 0 Å². The average molecular weight is 260 g/mol. The molecule has 0 unspecified atom stereocenters. The minimum atomic E-state index is 0.311. The van der Waals surface area contributed by atoms with Gasteiger partial charge in [-0.25, -0.2) is 0 Å². The van der Waals surface area contributed by atoms with Gasteiger partial charge >= 0.3 is 0 Å². The second-order valence-electron chi connectivity index (χ2n) is 4.32. The Morgan fingerprint density at radius 3 is 2.17 bits per heavy atom. The third-order valence-electron chi connectivity index (χ3n) is 2.64. The number of unbranched alkanes of at least 4 members (excludes halogenated alkanes) is 3. The SMILES string of the molecule is CCCCCCC(=O)CCOCCOCCOC. The molecular formula is C14H28O4. The Hall–Kier alpha value is -0.450. The summed E-state index contributed by atoms with van der Waals surface area (Å²) >= 11 is 0. The van der Waals surface area contributed by atoms with Crippen molar-refractivity contribution in [2.24, 2.45) is 0 Å². The van der Waals surface area contributed by atoms with Crippen molar-refractivity contribution in [3.8, 4) is 0 Å². The Balaban J connectivity index is 3.10. The smallest absolute Gasteiger partial charge is 0.135 e. The van der Waals surface area contributed by atoms with E-state index in [9.17, 15) is 4.79 Å².